The van der Waals surface area contributed by atoms with Gasteiger partial charge < -0.3 is 16.1 Å². The molecule has 1 rings (SSSR count). The van der Waals surface area contributed by atoms with E-state index >= 15 is 0 Å². The first kappa shape index (κ1) is 11.0. The first-order valence-electron chi connectivity index (χ1n) is 4.71. The number of hydrogen-bond acceptors (Lipinski definition) is 5. The largest absolute Gasteiger partial charge is 0.400 e. The standard InChI is InChI=1S/C9H18N4O/c1-6-3-7(14)4-9(12-6)8(10)5-13(2)11/h5-6,9,12H,3-4,10-11H2,1-2H3/b8-5-. The maximum Gasteiger partial charge on any atom is 0.136 e. The van der Waals surface area contributed by atoms with Crippen molar-refractivity contribution in [3.63, 3.8) is 0 Å². The Morgan fingerprint density at radius 2 is 2.29 bits per heavy atom. The summed E-state index contributed by atoms with van der Waals surface area (Å²) in [5, 5.41) is 4.65. The van der Waals surface area contributed by atoms with Crippen LogP contribution in [-0.4, -0.2) is 29.9 Å². The van der Waals surface area contributed by atoms with Gasteiger partial charge in [0.1, 0.15) is 5.78 Å². The van der Waals surface area contributed by atoms with E-state index in [1.165, 1.54) is 5.01 Å². The molecule has 0 amide bonds. The highest BCUT2D eigenvalue weighted by Gasteiger charge is 2.25. The number of Topliss-reactive ketones (excluding diaryl/α,β-unsaturated/α-hetero) is 1. The van der Waals surface area contributed by atoms with Crippen molar-refractivity contribution in [2.45, 2.75) is 31.8 Å². The van der Waals surface area contributed by atoms with Gasteiger partial charge in [-0.05, 0) is 6.92 Å². The summed E-state index contributed by atoms with van der Waals surface area (Å²) >= 11 is 0. The van der Waals surface area contributed by atoms with Gasteiger partial charge in [0.25, 0.3) is 0 Å². The molecule has 1 saturated heterocycles. The fourth-order valence-electron chi connectivity index (χ4n) is 1.65. The SMILES string of the molecule is CC1CC(=O)CC(/C(N)=C/N(C)N)N1. The van der Waals surface area contributed by atoms with E-state index in [1.54, 1.807) is 13.2 Å². The van der Waals surface area contributed by atoms with Crippen LogP contribution in [0.25, 0.3) is 0 Å². The van der Waals surface area contributed by atoms with Crippen LogP contribution in [0.15, 0.2) is 11.9 Å². The summed E-state index contributed by atoms with van der Waals surface area (Å²) in [5.74, 6) is 5.68. The minimum Gasteiger partial charge on any atom is -0.400 e. The lowest BCUT2D eigenvalue weighted by Gasteiger charge is -2.28. The van der Waals surface area contributed by atoms with Crippen molar-refractivity contribution < 1.29 is 4.79 Å². The molecule has 0 radical (unpaired) electrons. The van der Waals surface area contributed by atoms with Crippen LogP contribution in [0.1, 0.15) is 19.8 Å². The highest BCUT2D eigenvalue weighted by Crippen LogP contribution is 2.12. The zero-order valence-corrected chi connectivity index (χ0v) is 8.66. The predicted octanol–water partition coefficient (Wildman–Crippen LogP) is -0.698. The summed E-state index contributed by atoms with van der Waals surface area (Å²) in [7, 11) is 1.70. The fourth-order valence-corrected chi connectivity index (χ4v) is 1.65. The molecule has 80 valence electrons. The lowest BCUT2D eigenvalue weighted by molar-refractivity contribution is -0.121. The van der Waals surface area contributed by atoms with Crippen molar-refractivity contribution >= 4 is 5.78 Å². The minimum absolute atomic E-state index is 0.0720. The van der Waals surface area contributed by atoms with Gasteiger partial charge >= 0.3 is 0 Å². The second-order valence-corrected chi connectivity index (χ2v) is 3.86. The Morgan fingerprint density at radius 1 is 1.64 bits per heavy atom. The number of nitrogens with one attached hydrogen (secondary N) is 1. The van der Waals surface area contributed by atoms with Crippen LogP contribution >= 0.6 is 0 Å². The zero-order chi connectivity index (χ0) is 10.7. The van der Waals surface area contributed by atoms with Gasteiger partial charge in [-0.1, -0.05) is 0 Å². The van der Waals surface area contributed by atoms with Crippen LogP contribution < -0.4 is 16.9 Å². The van der Waals surface area contributed by atoms with Crippen molar-refractivity contribution in [1.82, 2.24) is 10.3 Å². The predicted molar refractivity (Wildman–Crippen MR) is 54.8 cm³/mol. The molecule has 1 aliphatic rings. The number of carbonyl (C=O) groups excluding carboxylic acids is 1. The van der Waals surface area contributed by atoms with Gasteiger partial charge in [0.05, 0.1) is 6.04 Å². The van der Waals surface area contributed by atoms with E-state index in [1.807, 2.05) is 6.92 Å². The molecule has 2 unspecified atom stereocenters. The molecule has 1 aliphatic heterocycles. The number of ketones is 1. The van der Waals surface area contributed by atoms with Crippen LogP contribution in [0, 0.1) is 0 Å². The summed E-state index contributed by atoms with van der Waals surface area (Å²) in [6, 6.07) is 0.119. The average molecular weight is 198 g/mol. The highest BCUT2D eigenvalue weighted by molar-refractivity contribution is 5.80. The first-order chi connectivity index (χ1) is 6.49. The van der Waals surface area contributed by atoms with E-state index in [4.69, 9.17) is 11.6 Å². The first-order valence-corrected chi connectivity index (χ1v) is 4.71. The second-order valence-electron chi connectivity index (χ2n) is 3.86. The van der Waals surface area contributed by atoms with Crippen molar-refractivity contribution in [2.75, 3.05) is 7.05 Å². The molecule has 0 aromatic carbocycles. The molecular formula is C9H18N4O. The lowest BCUT2D eigenvalue weighted by atomic mass is 9.96. The molecular weight excluding hydrogens is 180 g/mol. The van der Waals surface area contributed by atoms with E-state index in [2.05, 4.69) is 5.32 Å². The van der Waals surface area contributed by atoms with Gasteiger partial charge in [0, 0.05) is 37.8 Å². The quantitative estimate of drug-likeness (QED) is 0.404. The molecule has 1 heterocycles. The lowest BCUT2D eigenvalue weighted by Crippen LogP contribution is -2.47. The summed E-state index contributed by atoms with van der Waals surface area (Å²) < 4.78 is 0. The molecule has 0 aliphatic carbocycles. The van der Waals surface area contributed by atoms with Gasteiger partial charge in [-0.15, -0.1) is 0 Å². The highest BCUT2D eigenvalue weighted by atomic mass is 16.1. The Balaban J connectivity index is 2.63. The molecule has 0 spiro atoms. The summed E-state index contributed by atoms with van der Waals surface area (Å²) in [6.07, 6.45) is 2.67. The summed E-state index contributed by atoms with van der Waals surface area (Å²) in [5.41, 5.74) is 6.40. The molecule has 14 heavy (non-hydrogen) atoms. The number of carbonyl (C=O) groups is 1. The van der Waals surface area contributed by atoms with Crippen LogP contribution in [0.2, 0.25) is 0 Å². The Labute approximate surface area is 84.1 Å². The van der Waals surface area contributed by atoms with E-state index in [-0.39, 0.29) is 17.9 Å². The molecule has 0 saturated carbocycles. The minimum atomic E-state index is -0.0720. The Bertz CT molecular complexity index is 249. The maximum absolute atomic E-state index is 11.3. The molecule has 0 aromatic heterocycles. The molecule has 1 fully saturated rings. The smallest absolute Gasteiger partial charge is 0.136 e. The Hall–Kier alpha value is -1.07. The van der Waals surface area contributed by atoms with E-state index in [0.29, 0.717) is 18.5 Å². The molecule has 0 bridgehead atoms. The summed E-state index contributed by atoms with van der Waals surface area (Å²) in [6.45, 7) is 1.98. The number of nitrogens with two attached hydrogens (primary N) is 2. The third kappa shape index (κ3) is 3.01. The van der Waals surface area contributed by atoms with Crippen LogP contribution in [-0.2, 0) is 4.79 Å². The Kier molecular flexibility index (Phi) is 3.49. The zero-order valence-electron chi connectivity index (χ0n) is 8.66. The van der Waals surface area contributed by atoms with E-state index in [0.717, 1.165) is 0 Å². The maximum atomic E-state index is 11.3. The number of rotatable bonds is 2. The number of piperidine rings is 1. The number of nitrogens with zero attached hydrogens (tertiary/aromatic N) is 1. The van der Waals surface area contributed by atoms with Crippen LogP contribution in [0.4, 0.5) is 0 Å². The van der Waals surface area contributed by atoms with E-state index < -0.39 is 0 Å². The van der Waals surface area contributed by atoms with Crippen molar-refractivity contribution in [3.05, 3.63) is 11.9 Å². The third-order valence-electron chi connectivity index (χ3n) is 2.21. The molecule has 5 heteroatoms. The van der Waals surface area contributed by atoms with Crippen LogP contribution in [0.3, 0.4) is 0 Å². The molecule has 5 N–H and O–H groups in total. The molecule has 2 atom stereocenters. The van der Waals surface area contributed by atoms with Crippen molar-refractivity contribution in [3.8, 4) is 0 Å². The van der Waals surface area contributed by atoms with Crippen molar-refractivity contribution in [1.29, 1.82) is 0 Å². The monoisotopic (exact) mass is 198 g/mol. The fraction of sp³-hybridized carbons (Fsp3) is 0.667. The Morgan fingerprint density at radius 3 is 2.79 bits per heavy atom. The van der Waals surface area contributed by atoms with Crippen molar-refractivity contribution in [2.24, 2.45) is 11.6 Å². The third-order valence-corrected chi connectivity index (χ3v) is 2.21. The second kappa shape index (κ2) is 4.43. The van der Waals surface area contributed by atoms with Crippen LogP contribution in [0.5, 0.6) is 0 Å². The molecule has 0 aromatic rings. The van der Waals surface area contributed by atoms with Gasteiger partial charge in [-0.25, -0.2) is 5.84 Å². The average Bonchev–Trinajstić information content (AvgIpc) is 2.00. The summed E-state index contributed by atoms with van der Waals surface area (Å²) in [4.78, 5) is 11.3. The van der Waals surface area contributed by atoms with Gasteiger partial charge in [0.15, 0.2) is 0 Å². The normalized spacial score (nSPS) is 29.1. The number of hydrogen-bond donors (Lipinski definition) is 3. The van der Waals surface area contributed by atoms with Gasteiger partial charge in [0.2, 0.25) is 0 Å². The number of hydrazine groups is 1. The van der Waals surface area contributed by atoms with E-state index in [9.17, 15) is 4.79 Å². The van der Waals surface area contributed by atoms with Gasteiger partial charge in [-0.2, -0.15) is 0 Å². The van der Waals surface area contributed by atoms with Gasteiger partial charge in [-0.3, -0.25) is 4.79 Å². The molecule has 5 nitrogen and oxygen atoms in total. The topological polar surface area (TPSA) is 84.4 Å².